The number of carbonyl (C=O) groups is 1. The fourth-order valence-corrected chi connectivity index (χ4v) is 4.28. The van der Waals surface area contributed by atoms with Crippen molar-refractivity contribution in [2.24, 2.45) is 17.3 Å². The molecule has 0 bridgehead atoms. The number of allylic oxidation sites excluding steroid dienone is 2. The maximum Gasteiger partial charge on any atom is 0.305 e. The van der Waals surface area contributed by atoms with Crippen LogP contribution in [0.3, 0.4) is 0 Å². The molecule has 1 heterocycles. The minimum atomic E-state index is -1.28. The van der Waals surface area contributed by atoms with E-state index in [1.165, 1.54) is 7.11 Å². The second-order valence-corrected chi connectivity index (χ2v) is 9.01. The highest BCUT2D eigenvalue weighted by molar-refractivity contribution is 5.69. The molecule has 0 spiro atoms. The SMILES string of the molecule is CCCCC(C)(C)[C@H](O)/C=C/[C@@H]1[C@H]2[C@H](F)/C(=C/CCCC(=O)OC)O[C@@H]2C[C@H]1O. The predicted octanol–water partition coefficient (Wildman–Crippen LogP) is 4.08. The number of halogens is 1. The molecular formula is C23H37FO5. The molecule has 0 aromatic carbocycles. The molecular weight excluding hydrogens is 375 g/mol. The molecule has 6 heteroatoms. The summed E-state index contributed by atoms with van der Waals surface area (Å²) in [5, 5.41) is 21.0. The van der Waals surface area contributed by atoms with E-state index in [1.54, 1.807) is 18.2 Å². The normalized spacial score (nSPS) is 31.8. The highest BCUT2D eigenvalue weighted by Gasteiger charge is 2.53. The van der Waals surface area contributed by atoms with Gasteiger partial charge in [0.15, 0.2) is 6.17 Å². The first-order valence-corrected chi connectivity index (χ1v) is 10.8. The minimum absolute atomic E-state index is 0.262. The van der Waals surface area contributed by atoms with Crippen LogP contribution < -0.4 is 0 Å². The van der Waals surface area contributed by atoms with E-state index >= 15 is 4.39 Å². The summed E-state index contributed by atoms with van der Waals surface area (Å²) in [7, 11) is 1.35. The number of alkyl halides is 1. The van der Waals surface area contributed by atoms with E-state index < -0.39 is 24.3 Å². The molecule has 166 valence electrons. The standard InChI is InChI=1S/C23H37FO5/c1-5-6-13-23(2,3)19(26)12-11-15-16(25)14-18-21(15)22(24)17(29-18)9-7-8-10-20(27)28-4/h9,11-12,15-16,18-19,21-22,25-26H,5-8,10,13-14H2,1-4H3/b12-11+,17-9-/t15-,16+,18+,19+,21+,22+/m0/s1. The van der Waals surface area contributed by atoms with Crippen molar-refractivity contribution < 1.29 is 28.9 Å². The number of methoxy groups -OCH3 is 1. The minimum Gasteiger partial charge on any atom is -0.491 e. The third-order valence-corrected chi connectivity index (χ3v) is 6.34. The first-order chi connectivity index (χ1) is 13.7. The third kappa shape index (κ3) is 6.05. The summed E-state index contributed by atoms with van der Waals surface area (Å²) in [4.78, 5) is 11.2. The van der Waals surface area contributed by atoms with E-state index in [1.807, 2.05) is 13.8 Å². The van der Waals surface area contributed by atoms with Gasteiger partial charge in [0.25, 0.3) is 0 Å². The van der Waals surface area contributed by atoms with Crippen LogP contribution in [0.1, 0.15) is 65.7 Å². The van der Waals surface area contributed by atoms with Gasteiger partial charge in [0.1, 0.15) is 11.9 Å². The zero-order valence-electron chi connectivity index (χ0n) is 18.1. The molecule has 1 aliphatic carbocycles. The quantitative estimate of drug-likeness (QED) is 0.321. The van der Waals surface area contributed by atoms with Crippen molar-refractivity contribution in [1.29, 1.82) is 0 Å². The van der Waals surface area contributed by atoms with Gasteiger partial charge < -0.3 is 19.7 Å². The lowest BCUT2D eigenvalue weighted by Gasteiger charge is -2.29. The molecule has 2 fully saturated rings. The van der Waals surface area contributed by atoms with Gasteiger partial charge in [-0.1, -0.05) is 45.8 Å². The van der Waals surface area contributed by atoms with E-state index in [-0.39, 0.29) is 23.4 Å². The number of hydrogen-bond donors (Lipinski definition) is 2. The second kappa shape index (κ2) is 10.6. The molecule has 1 aliphatic heterocycles. The van der Waals surface area contributed by atoms with Gasteiger partial charge in [-0.05, 0) is 30.8 Å². The number of aliphatic hydroxyl groups excluding tert-OH is 2. The van der Waals surface area contributed by atoms with Crippen molar-refractivity contribution in [3.05, 3.63) is 24.0 Å². The number of fused-ring (bicyclic) bond motifs is 1. The summed E-state index contributed by atoms with van der Waals surface area (Å²) in [5.74, 6) is -0.802. The number of carbonyl (C=O) groups excluding carboxylic acids is 1. The van der Waals surface area contributed by atoms with Crippen molar-refractivity contribution in [2.45, 2.75) is 90.2 Å². The molecule has 2 aliphatic rings. The Morgan fingerprint density at radius 3 is 2.79 bits per heavy atom. The van der Waals surface area contributed by atoms with Gasteiger partial charge in [0, 0.05) is 24.7 Å². The van der Waals surface area contributed by atoms with Crippen LogP contribution in [0.5, 0.6) is 0 Å². The highest BCUT2D eigenvalue weighted by atomic mass is 19.1. The molecule has 6 atom stereocenters. The first-order valence-electron chi connectivity index (χ1n) is 10.8. The van der Waals surface area contributed by atoms with Crippen LogP contribution >= 0.6 is 0 Å². The molecule has 0 radical (unpaired) electrons. The molecule has 2 rings (SSSR count). The molecule has 1 saturated carbocycles. The van der Waals surface area contributed by atoms with E-state index in [2.05, 4.69) is 11.7 Å². The third-order valence-electron chi connectivity index (χ3n) is 6.34. The molecule has 5 nitrogen and oxygen atoms in total. The maximum atomic E-state index is 15.1. The molecule has 0 aromatic heterocycles. The molecule has 2 N–H and O–H groups in total. The summed E-state index contributed by atoms with van der Waals surface area (Å²) >= 11 is 0. The van der Waals surface area contributed by atoms with Crippen LogP contribution in [-0.2, 0) is 14.3 Å². The molecule has 0 aromatic rings. The predicted molar refractivity (Wildman–Crippen MR) is 110 cm³/mol. The molecule has 1 saturated heterocycles. The fraction of sp³-hybridized carbons (Fsp3) is 0.783. The lowest BCUT2D eigenvalue weighted by atomic mass is 9.80. The van der Waals surface area contributed by atoms with Crippen molar-refractivity contribution in [1.82, 2.24) is 0 Å². The highest BCUT2D eigenvalue weighted by Crippen LogP contribution is 2.47. The average Bonchev–Trinajstić information content (AvgIpc) is 3.16. The van der Waals surface area contributed by atoms with E-state index in [0.717, 1.165) is 19.3 Å². The van der Waals surface area contributed by atoms with Gasteiger partial charge in [-0.15, -0.1) is 0 Å². The van der Waals surface area contributed by atoms with E-state index in [4.69, 9.17) is 4.74 Å². The van der Waals surface area contributed by atoms with Crippen molar-refractivity contribution in [2.75, 3.05) is 7.11 Å². The number of hydrogen-bond acceptors (Lipinski definition) is 5. The zero-order chi connectivity index (χ0) is 21.6. The Morgan fingerprint density at radius 1 is 1.41 bits per heavy atom. The number of rotatable bonds is 10. The summed E-state index contributed by atoms with van der Waals surface area (Å²) in [6.45, 7) is 6.17. The fourth-order valence-electron chi connectivity index (χ4n) is 4.28. The summed E-state index contributed by atoms with van der Waals surface area (Å²) in [5.41, 5.74) is -0.262. The topological polar surface area (TPSA) is 76.0 Å². The van der Waals surface area contributed by atoms with Gasteiger partial charge in [-0.3, -0.25) is 4.79 Å². The number of aliphatic hydroxyl groups is 2. The van der Waals surface area contributed by atoms with Crippen molar-refractivity contribution in [3.63, 3.8) is 0 Å². The summed E-state index contributed by atoms with van der Waals surface area (Å²) in [6.07, 6.45) is 7.06. The van der Waals surface area contributed by atoms with Crippen molar-refractivity contribution in [3.8, 4) is 0 Å². The Kier molecular flexibility index (Phi) is 8.71. The summed E-state index contributed by atoms with van der Waals surface area (Å²) < 4.78 is 25.4. The molecule has 0 unspecified atom stereocenters. The monoisotopic (exact) mass is 412 g/mol. The van der Waals surface area contributed by atoms with Gasteiger partial charge in [-0.2, -0.15) is 0 Å². The van der Waals surface area contributed by atoms with Crippen LogP contribution in [0.25, 0.3) is 0 Å². The smallest absolute Gasteiger partial charge is 0.305 e. The lowest BCUT2D eigenvalue weighted by Crippen LogP contribution is -2.29. The van der Waals surface area contributed by atoms with Gasteiger partial charge >= 0.3 is 5.97 Å². The lowest BCUT2D eigenvalue weighted by molar-refractivity contribution is -0.140. The number of unbranched alkanes of at least 4 members (excludes halogenated alkanes) is 2. The van der Waals surface area contributed by atoms with Crippen LogP contribution in [0.15, 0.2) is 24.0 Å². The van der Waals surface area contributed by atoms with Crippen LogP contribution in [0, 0.1) is 17.3 Å². The number of ether oxygens (including phenoxy) is 2. The largest absolute Gasteiger partial charge is 0.491 e. The van der Waals surface area contributed by atoms with Crippen molar-refractivity contribution >= 4 is 5.97 Å². The molecule has 0 amide bonds. The van der Waals surface area contributed by atoms with Gasteiger partial charge in [0.05, 0.1) is 19.3 Å². The van der Waals surface area contributed by atoms with Crippen LogP contribution in [0.2, 0.25) is 0 Å². The van der Waals surface area contributed by atoms with Crippen LogP contribution in [0.4, 0.5) is 4.39 Å². The van der Waals surface area contributed by atoms with Gasteiger partial charge in [-0.25, -0.2) is 4.39 Å². The Bertz CT molecular complexity index is 600. The second-order valence-electron chi connectivity index (χ2n) is 9.01. The average molecular weight is 413 g/mol. The van der Waals surface area contributed by atoms with Gasteiger partial charge in [0.2, 0.25) is 0 Å². The van der Waals surface area contributed by atoms with E-state index in [9.17, 15) is 15.0 Å². The maximum absolute atomic E-state index is 15.1. The first kappa shape index (κ1) is 23.9. The Balaban J connectivity index is 1.98. The Hall–Kier alpha value is -1.40. The number of esters is 1. The summed E-state index contributed by atoms with van der Waals surface area (Å²) in [6, 6.07) is 0. The Morgan fingerprint density at radius 2 is 2.14 bits per heavy atom. The molecule has 29 heavy (non-hydrogen) atoms. The Labute approximate surface area is 174 Å². The van der Waals surface area contributed by atoms with Crippen LogP contribution in [-0.4, -0.2) is 47.8 Å². The zero-order valence-corrected chi connectivity index (χ0v) is 18.1. The van der Waals surface area contributed by atoms with E-state index in [0.29, 0.717) is 31.4 Å².